The van der Waals surface area contributed by atoms with Crippen LogP contribution < -0.4 is 20.5 Å². The van der Waals surface area contributed by atoms with Gasteiger partial charge in [-0.05, 0) is 31.5 Å². The molecule has 0 aliphatic carbocycles. The van der Waals surface area contributed by atoms with Crippen LogP contribution in [0.4, 0.5) is 0 Å². The molecule has 0 unspecified atom stereocenters. The van der Waals surface area contributed by atoms with Crippen LogP contribution in [0.25, 0.3) is 0 Å². The van der Waals surface area contributed by atoms with Crippen LogP contribution in [-0.2, 0) is 11.3 Å². The van der Waals surface area contributed by atoms with Gasteiger partial charge < -0.3 is 25.3 Å². The summed E-state index contributed by atoms with van der Waals surface area (Å²) in [5, 5.41) is 3.04. The van der Waals surface area contributed by atoms with Crippen molar-refractivity contribution >= 4 is 29.9 Å². The van der Waals surface area contributed by atoms with Crippen LogP contribution in [0.1, 0.15) is 19.4 Å². The van der Waals surface area contributed by atoms with Crippen LogP contribution >= 0.6 is 24.0 Å². The molecule has 3 N–H and O–H groups in total. The fourth-order valence-electron chi connectivity index (χ4n) is 1.59. The van der Waals surface area contributed by atoms with Crippen molar-refractivity contribution in [3.8, 4) is 11.5 Å². The Labute approximate surface area is 149 Å². The highest BCUT2D eigenvalue weighted by atomic mass is 127. The maximum atomic E-state index is 5.84. The lowest BCUT2D eigenvalue weighted by Gasteiger charge is -2.23. The maximum absolute atomic E-state index is 5.84. The average molecular weight is 423 g/mol. The van der Waals surface area contributed by atoms with Crippen molar-refractivity contribution < 1.29 is 14.2 Å². The normalized spacial score (nSPS) is 11.6. The molecule has 0 radical (unpaired) electrons. The molecular formula is C15H26IN3O3. The van der Waals surface area contributed by atoms with E-state index in [1.54, 1.807) is 21.3 Å². The summed E-state index contributed by atoms with van der Waals surface area (Å²) in [6.07, 6.45) is 0. The second kappa shape index (κ2) is 9.73. The molecule has 0 aromatic heterocycles. The average Bonchev–Trinajstić information content (AvgIpc) is 2.50. The Balaban J connectivity index is 0.00000441. The molecule has 0 amide bonds. The lowest BCUT2D eigenvalue weighted by Crippen LogP contribution is -2.43. The second-order valence-corrected chi connectivity index (χ2v) is 5.21. The first-order valence-electron chi connectivity index (χ1n) is 6.71. The second-order valence-electron chi connectivity index (χ2n) is 5.21. The Morgan fingerprint density at radius 2 is 1.82 bits per heavy atom. The number of hydrogen-bond acceptors (Lipinski definition) is 4. The Hall–Kier alpha value is -1.22. The first kappa shape index (κ1) is 20.8. The molecule has 7 heteroatoms. The predicted octanol–water partition coefficient (Wildman–Crippen LogP) is 2.15. The van der Waals surface area contributed by atoms with Gasteiger partial charge in [-0.3, -0.25) is 0 Å². The third-order valence-corrected chi connectivity index (χ3v) is 3.13. The number of guanidine groups is 1. The number of nitrogens with two attached hydrogens (primary N) is 1. The van der Waals surface area contributed by atoms with Crippen LogP contribution in [0.5, 0.6) is 11.5 Å². The van der Waals surface area contributed by atoms with E-state index in [-0.39, 0.29) is 29.6 Å². The van der Waals surface area contributed by atoms with Crippen molar-refractivity contribution in [3.63, 3.8) is 0 Å². The standard InChI is InChI=1S/C15H25N3O3.HI/c1-15(2,21-5)10-18-14(16)17-9-11-6-7-12(19-3)13(8-11)20-4;/h6-8H,9-10H2,1-5H3,(H3,16,17,18);1H. The van der Waals surface area contributed by atoms with Gasteiger partial charge in [-0.2, -0.15) is 0 Å². The number of benzene rings is 1. The maximum Gasteiger partial charge on any atom is 0.189 e. The monoisotopic (exact) mass is 423 g/mol. The minimum Gasteiger partial charge on any atom is -0.493 e. The molecule has 0 fully saturated rings. The number of methoxy groups -OCH3 is 3. The lowest BCUT2D eigenvalue weighted by molar-refractivity contribution is 0.0269. The summed E-state index contributed by atoms with van der Waals surface area (Å²) < 4.78 is 15.8. The molecule has 0 bridgehead atoms. The highest BCUT2D eigenvalue weighted by Gasteiger charge is 2.15. The van der Waals surface area contributed by atoms with Crippen molar-refractivity contribution in [2.24, 2.45) is 10.7 Å². The van der Waals surface area contributed by atoms with Gasteiger partial charge in [-0.15, -0.1) is 24.0 Å². The molecule has 0 spiro atoms. The topological polar surface area (TPSA) is 78.1 Å². The minimum absolute atomic E-state index is 0. The number of nitrogens with one attached hydrogen (secondary N) is 1. The zero-order chi connectivity index (χ0) is 15.9. The molecule has 6 nitrogen and oxygen atoms in total. The summed E-state index contributed by atoms with van der Waals surface area (Å²) in [5.41, 5.74) is 6.54. The molecule has 1 aromatic rings. The lowest BCUT2D eigenvalue weighted by atomic mass is 10.1. The van der Waals surface area contributed by atoms with Crippen molar-refractivity contribution in [1.29, 1.82) is 0 Å². The van der Waals surface area contributed by atoms with Crippen molar-refractivity contribution in [2.45, 2.75) is 26.0 Å². The zero-order valence-corrected chi connectivity index (χ0v) is 16.1. The van der Waals surface area contributed by atoms with Crippen LogP contribution in [0, 0.1) is 0 Å². The van der Waals surface area contributed by atoms with E-state index in [0.717, 1.165) is 5.56 Å². The smallest absolute Gasteiger partial charge is 0.189 e. The number of ether oxygens (including phenoxy) is 3. The molecule has 0 atom stereocenters. The Morgan fingerprint density at radius 3 is 2.36 bits per heavy atom. The van der Waals surface area contributed by atoms with Crippen LogP contribution in [0.15, 0.2) is 23.2 Å². The van der Waals surface area contributed by atoms with Crippen LogP contribution in [-0.4, -0.2) is 39.4 Å². The van der Waals surface area contributed by atoms with Gasteiger partial charge in [0.05, 0.1) is 26.4 Å². The number of halogens is 1. The molecule has 1 aromatic carbocycles. The summed E-state index contributed by atoms with van der Waals surface area (Å²) in [4.78, 5) is 4.29. The molecule has 126 valence electrons. The highest BCUT2D eigenvalue weighted by molar-refractivity contribution is 14.0. The third kappa shape index (κ3) is 6.69. The summed E-state index contributed by atoms with van der Waals surface area (Å²) in [5.74, 6) is 1.75. The molecule has 0 aliphatic rings. The Bertz CT molecular complexity index is 493. The van der Waals surface area contributed by atoms with Crippen molar-refractivity contribution in [3.05, 3.63) is 23.8 Å². The zero-order valence-electron chi connectivity index (χ0n) is 13.8. The SMILES string of the molecule is COc1ccc(CN=C(N)NCC(C)(C)OC)cc1OC.I. The van der Waals surface area contributed by atoms with Gasteiger partial charge in [0.25, 0.3) is 0 Å². The quantitative estimate of drug-likeness (QED) is 0.399. The van der Waals surface area contributed by atoms with E-state index >= 15 is 0 Å². The fourth-order valence-corrected chi connectivity index (χ4v) is 1.59. The van der Waals surface area contributed by atoms with E-state index in [4.69, 9.17) is 19.9 Å². The van der Waals surface area contributed by atoms with Gasteiger partial charge >= 0.3 is 0 Å². The fraction of sp³-hybridized carbons (Fsp3) is 0.533. The predicted molar refractivity (Wildman–Crippen MR) is 99.4 cm³/mol. The summed E-state index contributed by atoms with van der Waals surface area (Å²) >= 11 is 0. The summed E-state index contributed by atoms with van der Waals surface area (Å²) in [6.45, 7) is 5.00. The molecule has 0 aliphatic heterocycles. The number of hydrogen-bond donors (Lipinski definition) is 2. The van der Waals surface area contributed by atoms with E-state index in [1.807, 2.05) is 32.0 Å². The number of nitrogens with zero attached hydrogens (tertiary/aromatic N) is 1. The molecule has 0 saturated heterocycles. The molecular weight excluding hydrogens is 397 g/mol. The van der Waals surface area contributed by atoms with Gasteiger partial charge in [-0.1, -0.05) is 6.07 Å². The molecule has 0 saturated carbocycles. The number of rotatable bonds is 7. The van der Waals surface area contributed by atoms with E-state index in [2.05, 4.69) is 10.3 Å². The van der Waals surface area contributed by atoms with E-state index in [1.165, 1.54) is 0 Å². The van der Waals surface area contributed by atoms with Crippen LogP contribution in [0.3, 0.4) is 0 Å². The van der Waals surface area contributed by atoms with Gasteiger partial charge in [0.15, 0.2) is 17.5 Å². The van der Waals surface area contributed by atoms with Crippen molar-refractivity contribution in [2.75, 3.05) is 27.9 Å². The van der Waals surface area contributed by atoms with Gasteiger partial charge in [-0.25, -0.2) is 4.99 Å². The van der Waals surface area contributed by atoms with Gasteiger partial charge in [0.1, 0.15) is 0 Å². The Kier molecular flexibility index (Phi) is 9.19. The molecule has 1 rings (SSSR count). The summed E-state index contributed by atoms with van der Waals surface area (Å²) in [6, 6.07) is 5.66. The van der Waals surface area contributed by atoms with Crippen LogP contribution in [0.2, 0.25) is 0 Å². The first-order chi connectivity index (χ1) is 9.91. The molecule has 22 heavy (non-hydrogen) atoms. The third-order valence-electron chi connectivity index (χ3n) is 3.13. The Morgan fingerprint density at radius 1 is 1.18 bits per heavy atom. The molecule has 0 heterocycles. The van der Waals surface area contributed by atoms with Gasteiger partial charge in [0, 0.05) is 13.7 Å². The van der Waals surface area contributed by atoms with E-state index in [0.29, 0.717) is 30.5 Å². The first-order valence-corrected chi connectivity index (χ1v) is 6.71. The highest BCUT2D eigenvalue weighted by Crippen LogP contribution is 2.27. The van der Waals surface area contributed by atoms with E-state index < -0.39 is 0 Å². The van der Waals surface area contributed by atoms with E-state index in [9.17, 15) is 0 Å². The largest absolute Gasteiger partial charge is 0.493 e. The van der Waals surface area contributed by atoms with Crippen molar-refractivity contribution in [1.82, 2.24) is 5.32 Å². The van der Waals surface area contributed by atoms with Gasteiger partial charge in [0.2, 0.25) is 0 Å². The minimum atomic E-state index is -0.288. The summed E-state index contributed by atoms with van der Waals surface area (Å²) in [7, 11) is 4.88. The number of aliphatic imine (C=N–C) groups is 1.